The van der Waals surface area contributed by atoms with Gasteiger partial charge < -0.3 is 10.4 Å². The smallest absolute Gasteiger partial charge is 0.322 e. The second-order valence-corrected chi connectivity index (χ2v) is 6.50. The summed E-state index contributed by atoms with van der Waals surface area (Å²) in [6.45, 7) is 1.96. The third kappa shape index (κ3) is 18.7. The molecule has 24 heavy (non-hydrogen) atoms. The number of hydrogen-bond donors (Lipinski definition) is 2. The van der Waals surface area contributed by atoms with Crippen LogP contribution in [-0.2, 0) is 9.59 Å². The van der Waals surface area contributed by atoms with E-state index in [1.165, 1.54) is 70.6 Å². The lowest BCUT2D eigenvalue weighted by Crippen LogP contribution is -2.28. The van der Waals surface area contributed by atoms with Crippen LogP contribution in [0.5, 0.6) is 0 Å². The van der Waals surface area contributed by atoms with Gasteiger partial charge in [0.1, 0.15) is 6.54 Å². The molecular weight excluding hydrogens is 302 g/mol. The van der Waals surface area contributed by atoms with Gasteiger partial charge in [0.05, 0.1) is 0 Å². The van der Waals surface area contributed by atoms with Crippen LogP contribution in [0.2, 0.25) is 0 Å². The number of unbranched alkanes of at least 4 members (excludes halogenated alkanes) is 11. The van der Waals surface area contributed by atoms with Crippen LogP contribution < -0.4 is 5.32 Å². The fourth-order valence-electron chi connectivity index (χ4n) is 2.61. The Morgan fingerprint density at radius 1 is 0.792 bits per heavy atom. The maximum atomic E-state index is 11.3. The Bertz CT molecular complexity index is 340. The summed E-state index contributed by atoms with van der Waals surface area (Å²) in [7, 11) is 0. The molecule has 0 rings (SSSR count). The number of carbonyl (C=O) groups is 2. The van der Waals surface area contributed by atoms with Crippen LogP contribution in [-0.4, -0.2) is 23.5 Å². The molecule has 0 fully saturated rings. The molecule has 0 radical (unpaired) electrons. The first-order valence-corrected chi connectivity index (χ1v) is 9.80. The first-order valence-electron chi connectivity index (χ1n) is 9.80. The Morgan fingerprint density at radius 2 is 1.29 bits per heavy atom. The van der Waals surface area contributed by atoms with E-state index in [-0.39, 0.29) is 12.5 Å². The quantitative estimate of drug-likeness (QED) is 0.282. The molecule has 0 heterocycles. The number of amides is 1. The second kappa shape index (κ2) is 18.0. The molecule has 0 spiro atoms. The summed E-state index contributed by atoms with van der Waals surface area (Å²) in [4.78, 5) is 21.6. The van der Waals surface area contributed by atoms with Crippen molar-refractivity contribution in [3.63, 3.8) is 0 Å². The summed E-state index contributed by atoms with van der Waals surface area (Å²) in [6.07, 6.45) is 21.1. The van der Waals surface area contributed by atoms with Gasteiger partial charge in [-0.2, -0.15) is 0 Å². The Balaban J connectivity index is 3.16. The predicted octanol–water partition coefficient (Wildman–Crippen LogP) is 5.22. The fraction of sp³-hybridized carbons (Fsp3) is 0.800. The largest absolute Gasteiger partial charge is 0.480 e. The predicted molar refractivity (Wildman–Crippen MR) is 100 cm³/mol. The molecule has 4 heteroatoms. The lowest BCUT2D eigenvalue weighted by molar-refractivity contribution is -0.137. The van der Waals surface area contributed by atoms with Gasteiger partial charge >= 0.3 is 5.97 Å². The van der Waals surface area contributed by atoms with Crippen molar-refractivity contribution < 1.29 is 14.7 Å². The highest BCUT2D eigenvalue weighted by Gasteiger charge is 2.03. The zero-order valence-electron chi connectivity index (χ0n) is 15.5. The van der Waals surface area contributed by atoms with Gasteiger partial charge in [0.25, 0.3) is 0 Å². The zero-order valence-corrected chi connectivity index (χ0v) is 15.5. The van der Waals surface area contributed by atoms with Crippen LogP contribution in [0, 0.1) is 0 Å². The number of carboxylic acids is 1. The van der Waals surface area contributed by atoms with Crippen LogP contribution in [0.25, 0.3) is 0 Å². The molecule has 0 aromatic rings. The number of carboxylic acid groups (broad SMARTS) is 1. The van der Waals surface area contributed by atoms with Crippen molar-refractivity contribution in [3.05, 3.63) is 12.2 Å². The standard InChI is InChI=1S/C20H37NO3/c1-2-3-4-5-6-7-8-9-10-11-12-13-14-15-16-17-19(22)21-18-20(23)24/h5-6H,2-4,7-18H2,1H3,(H,21,22)(H,23,24)/b6-5-. The summed E-state index contributed by atoms with van der Waals surface area (Å²) in [6, 6.07) is 0. The fourth-order valence-corrected chi connectivity index (χ4v) is 2.61. The molecule has 0 atom stereocenters. The summed E-state index contributed by atoms with van der Waals surface area (Å²) in [5, 5.41) is 10.8. The van der Waals surface area contributed by atoms with Gasteiger partial charge in [0.2, 0.25) is 5.91 Å². The Hall–Kier alpha value is -1.32. The summed E-state index contributed by atoms with van der Waals surface area (Å²) < 4.78 is 0. The van der Waals surface area contributed by atoms with Crippen molar-refractivity contribution in [2.45, 2.75) is 96.8 Å². The minimum atomic E-state index is -0.990. The monoisotopic (exact) mass is 339 g/mol. The number of allylic oxidation sites excluding steroid dienone is 2. The number of rotatable bonds is 17. The van der Waals surface area contributed by atoms with Crippen LogP contribution in [0.4, 0.5) is 0 Å². The topological polar surface area (TPSA) is 66.4 Å². The first kappa shape index (κ1) is 22.7. The summed E-state index contributed by atoms with van der Waals surface area (Å²) in [5.74, 6) is -1.14. The van der Waals surface area contributed by atoms with Gasteiger partial charge in [-0.15, -0.1) is 0 Å². The van der Waals surface area contributed by atoms with E-state index in [4.69, 9.17) is 5.11 Å². The molecule has 0 aromatic carbocycles. The lowest BCUT2D eigenvalue weighted by Gasteiger charge is -2.03. The number of hydrogen-bond acceptors (Lipinski definition) is 2. The third-order valence-electron chi connectivity index (χ3n) is 4.10. The van der Waals surface area contributed by atoms with E-state index in [1.54, 1.807) is 0 Å². The molecule has 0 bridgehead atoms. The van der Waals surface area contributed by atoms with E-state index >= 15 is 0 Å². The van der Waals surface area contributed by atoms with E-state index in [9.17, 15) is 9.59 Å². The molecular formula is C20H37NO3. The SMILES string of the molecule is CCCC/C=C\CCCCCCCCCCCC(=O)NCC(=O)O. The van der Waals surface area contributed by atoms with Crippen LogP contribution in [0.15, 0.2) is 12.2 Å². The zero-order chi connectivity index (χ0) is 17.9. The van der Waals surface area contributed by atoms with Crippen molar-refractivity contribution in [2.75, 3.05) is 6.54 Å². The summed E-state index contributed by atoms with van der Waals surface area (Å²) in [5.41, 5.74) is 0. The van der Waals surface area contributed by atoms with Gasteiger partial charge in [-0.3, -0.25) is 9.59 Å². The minimum Gasteiger partial charge on any atom is -0.480 e. The highest BCUT2D eigenvalue weighted by molar-refractivity contribution is 5.80. The van der Waals surface area contributed by atoms with Crippen molar-refractivity contribution in [2.24, 2.45) is 0 Å². The van der Waals surface area contributed by atoms with Gasteiger partial charge in [-0.05, 0) is 25.7 Å². The van der Waals surface area contributed by atoms with E-state index in [1.807, 2.05) is 0 Å². The molecule has 0 aliphatic rings. The average Bonchev–Trinajstić information content (AvgIpc) is 2.56. The van der Waals surface area contributed by atoms with Gasteiger partial charge in [0.15, 0.2) is 0 Å². The van der Waals surface area contributed by atoms with E-state index in [2.05, 4.69) is 24.4 Å². The maximum Gasteiger partial charge on any atom is 0.322 e. The highest BCUT2D eigenvalue weighted by atomic mass is 16.4. The second-order valence-electron chi connectivity index (χ2n) is 6.50. The Morgan fingerprint density at radius 3 is 1.83 bits per heavy atom. The normalized spacial score (nSPS) is 11.0. The number of aliphatic carboxylic acids is 1. The van der Waals surface area contributed by atoms with Crippen molar-refractivity contribution >= 4 is 11.9 Å². The van der Waals surface area contributed by atoms with E-state index in [0.29, 0.717) is 6.42 Å². The Kier molecular flexibility index (Phi) is 17.0. The van der Waals surface area contributed by atoms with E-state index in [0.717, 1.165) is 12.8 Å². The van der Waals surface area contributed by atoms with Crippen LogP contribution >= 0.6 is 0 Å². The van der Waals surface area contributed by atoms with Crippen LogP contribution in [0.1, 0.15) is 96.8 Å². The molecule has 0 aromatic heterocycles. The number of carbonyl (C=O) groups excluding carboxylic acids is 1. The molecule has 0 aliphatic heterocycles. The molecule has 0 unspecified atom stereocenters. The Labute approximate surface area is 148 Å². The third-order valence-corrected chi connectivity index (χ3v) is 4.10. The lowest BCUT2D eigenvalue weighted by atomic mass is 10.1. The highest BCUT2D eigenvalue weighted by Crippen LogP contribution is 2.11. The van der Waals surface area contributed by atoms with Gasteiger partial charge in [-0.25, -0.2) is 0 Å². The van der Waals surface area contributed by atoms with Crippen LogP contribution in [0.3, 0.4) is 0 Å². The van der Waals surface area contributed by atoms with Crippen molar-refractivity contribution in [3.8, 4) is 0 Å². The molecule has 1 amide bonds. The molecule has 4 nitrogen and oxygen atoms in total. The maximum absolute atomic E-state index is 11.3. The van der Waals surface area contributed by atoms with Crippen molar-refractivity contribution in [1.29, 1.82) is 0 Å². The molecule has 2 N–H and O–H groups in total. The summed E-state index contributed by atoms with van der Waals surface area (Å²) >= 11 is 0. The molecule has 140 valence electrons. The number of nitrogens with one attached hydrogen (secondary N) is 1. The first-order chi connectivity index (χ1) is 11.7. The molecule has 0 saturated carbocycles. The van der Waals surface area contributed by atoms with E-state index < -0.39 is 5.97 Å². The average molecular weight is 340 g/mol. The van der Waals surface area contributed by atoms with Gasteiger partial charge in [-0.1, -0.05) is 76.9 Å². The van der Waals surface area contributed by atoms with Crippen molar-refractivity contribution in [1.82, 2.24) is 5.32 Å². The minimum absolute atomic E-state index is 0.152. The molecule has 0 aliphatic carbocycles. The van der Waals surface area contributed by atoms with Gasteiger partial charge in [0, 0.05) is 6.42 Å². The molecule has 0 saturated heterocycles.